The summed E-state index contributed by atoms with van der Waals surface area (Å²) < 4.78 is 8.57. The van der Waals surface area contributed by atoms with Gasteiger partial charge in [-0.05, 0) is 0 Å². The Balaban J connectivity index is 1.51. The van der Waals surface area contributed by atoms with E-state index in [-0.39, 0.29) is 37.1 Å². The average Bonchev–Trinajstić information content (AvgIpc) is 3.54. The molecule has 4 nitrogen and oxygen atoms in total. The number of nitrogens with zero attached hydrogens (tertiary/aromatic N) is 1. The van der Waals surface area contributed by atoms with E-state index in [4.69, 9.17) is 4.42 Å². The van der Waals surface area contributed by atoms with Crippen LogP contribution in [0.1, 0.15) is 51.5 Å². The Labute approximate surface area is 189 Å². The molecule has 0 spiro atoms. The molecule has 2 aliphatic rings. The maximum absolute atomic E-state index is 12.8. The number of para-hydroxylation sites is 2. The second kappa shape index (κ2) is 5.89. The Morgan fingerprint density at radius 3 is 2.41 bits per heavy atom. The van der Waals surface area contributed by atoms with Crippen LogP contribution in [0, 0.1) is 0 Å². The molecule has 0 N–H and O–H groups in total. The Morgan fingerprint density at radius 1 is 0.906 bits per heavy atom. The van der Waals surface area contributed by atoms with Gasteiger partial charge in [0.05, 0.1) is 0 Å². The molecule has 2 aromatic carbocycles. The summed E-state index contributed by atoms with van der Waals surface area (Å²) in [5.74, 6) is 0.912. The van der Waals surface area contributed by atoms with Gasteiger partial charge >= 0.3 is 184 Å². The molecule has 0 saturated carbocycles. The van der Waals surface area contributed by atoms with Crippen LogP contribution in [0.15, 0.2) is 68.4 Å². The molecule has 0 saturated heterocycles. The van der Waals surface area contributed by atoms with E-state index in [0.29, 0.717) is 16.9 Å². The van der Waals surface area contributed by atoms with Gasteiger partial charge in [0.1, 0.15) is 0 Å². The molecule has 154 valence electrons. The first-order chi connectivity index (χ1) is 15.5. The van der Waals surface area contributed by atoms with E-state index in [2.05, 4.69) is 54.8 Å². The minimum absolute atomic E-state index is 0.0991. The summed E-state index contributed by atoms with van der Waals surface area (Å²) in [5.41, 5.74) is 5.55. The molecular weight excluding hydrogens is 465 g/mol. The molecule has 3 aromatic heterocycles. The number of furan rings is 1. The van der Waals surface area contributed by atoms with Crippen LogP contribution in [-0.4, -0.2) is 30.6 Å². The van der Waals surface area contributed by atoms with Crippen LogP contribution in [0.5, 0.6) is 0 Å². The Bertz CT molecular complexity index is 1660. The SMILES string of the molecule is CC1(C)c2cc(C=C3C(=O)c4c[se]cc4C3=O)oc2-n2c3ccccc3c3cccc1c32. The second-order valence-electron chi connectivity index (χ2n) is 8.96. The van der Waals surface area contributed by atoms with Gasteiger partial charge < -0.3 is 0 Å². The molecule has 0 atom stereocenters. The summed E-state index contributed by atoms with van der Waals surface area (Å²) >= 11 is 0.0991. The number of benzene rings is 2. The van der Waals surface area contributed by atoms with Crippen molar-refractivity contribution >= 4 is 54.0 Å². The van der Waals surface area contributed by atoms with Crippen molar-refractivity contribution < 1.29 is 14.0 Å². The topological polar surface area (TPSA) is 52.2 Å². The molecule has 4 heterocycles. The Kier molecular flexibility index (Phi) is 3.35. The van der Waals surface area contributed by atoms with Gasteiger partial charge in [0, 0.05) is 0 Å². The summed E-state index contributed by atoms with van der Waals surface area (Å²) in [6.45, 7) is 4.39. The number of carbonyl (C=O) groups is 2. The molecule has 7 rings (SSSR count). The van der Waals surface area contributed by atoms with Crippen LogP contribution in [0.2, 0.25) is 0 Å². The zero-order valence-electron chi connectivity index (χ0n) is 17.4. The van der Waals surface area contributed by atoms with Gasteiger partial charge in [-0.1, -0.05) is 6.07 Å². The number of fused-ring (bicyclic) bond motifs is 6. The molecule has 1 aliphatic carbocycles. The molecule has 0 bridgehead atoms. The number of hydrogen-bond acceptors (Lipinski definition) is 3. The first kappa shape index (κ1) is 18.2. The number of Topliss-reactive ketones (excluding diaryl/α,β-unsaturated/α-hetero) is 2. The van der Waals surface area contributed by atoms with Crippen LogP contribution < -0.4 is 0 Å². The van der Waals surface area contributed by atoms with E-state index >= 15 is 0 Å². The van der Waals surface area contributed by atoms with Gasteiger partial charge in [-0.25, -0.2) is 0 Å². The van der Waals surface area contributed by atoms with E-state index in [1.807, 2.05) is 22.0 Å². The first-order valence-electron chi connectivity index (χ1n) is 10.5. The van der Waals surface area contributed by atoms with E-state index in [0.717, 1.165) is 22.5 Å². The summed E-state index contributed by atoms with van der Waals surface area (Å²) in [5, 5.41) is 2.38. The van der Waals surface area contributed by atoms with Crippen LogP contribution in [0.25, 0.3) is 33.8 Å². The van der Waals surface area contributed by atoms with E-state index < -0.39 is 0 Å². The molecule has 1 aliphatic heterocycles. The van der Waals surface area contributed by atoms with Crippen LogP contribution in [0.3, 0.4) is 0 Å². The van der Waals surface area contributed by atoms with Crippen molar-refractivity contribution in [3.63, 3.8) is 0 Å². The number of allylic oxidation sites excluding steroid dienone is 1. The predicted molar refractivity (Wildman–Crippen MR) is 125 cm³/mol. The summed E-state index contributed by atoms with van der Waals surface area (Å²) in [7, 11) is 0. The zero-order valence-corrected chi connectivity index (χ0v) is 19.1. The standard InChI is InChI=1S/C27H17NO3Se/c1-27(2)20-8-5-7-16-15-6-3-4-9-22(15)28(23(16)20)26-21(27)11-14(31-26)10-17-24(29)18-12-32-13-19(18)25(17)30/h3-13H,1-2H3. The van der Waals surface area contributed by atoms with Crippen molar-refractivity contribution in [1.29, 1.82) is 0 Å². The Hall–Kier alpha value is -3.40. The third-order valence-electron chi connectivity index (χ3n) is 6.90. The molecule has 5 aromatic rings. The quantitative estimate of drug-likeness (QED) is 0.179. The summed E-state index contributed by atoms with van der Waals surface area (Å²) in [4.78, 5) is 29.4. The monoisotopic (exact) mass is 483 g/mol. The van der Waals surface area contributed by atoms with Crippen molar-refractivity contribution in [2.24, 2.45) is 0 Å². The van der Waals surface area contributed by atoms with Crippen molar-refractivity contribution in [2.75, 3.05) is 0 Å². The average molecular weight is 482 g/mol. The zero-order chi connectivity index (χ0) is 21.8. The molecule has 0 amide bonds. The van der Waals surface area contributed by atoms with Gasteiger partial charge in [0.25, 0.3) is 0 Å². The predicted octanol–water partition coefficient (Wildman–Crippen LogP) is 5.54. The van der Waals surface area contributed by atoms with Crippen molar-refractivity contribution in [3.05, 3.63) is 92.0 Å². The van der Waals surface area contributed by atoms with Crippen LogP contribution in [0.4, 0.5) is 0 Å². The number of ketones is 2. The fourth-order valence-electron chi connectivity index (χ4n) is 5.28. The Morgan fingerprint density at radius 2 is 1.62 bits per heavy atom. The normalized spacial score (nSPS) is 16.1. The number of aromatic nitrogens is 1. The fourth-order valence-corrected chi connectivity index (χ4v) is 6.98. The molecule has 32 heavy (non-hydrogen) atoms. The third-order valence-corrected chi connectivity index (χ3v) is 8.46. The minimum atomic E-state index is -0.284. The van der Waals surface area contributed by atoms with Crippen LogP contribution in [-0.2, 0) is 5.41 Å². The van der Waals surface area contributed by atoms with Gasteiger partial charge in [-0.15, -0.1) is 0 Å². The van der Waals surface area contributed by atoms with Crippen molar-refractivity contribution in [1.82, 2.24) is 4.57 Å². The second-order valence-corrected chi connectivity index (χ2v) is 10.5. The van der Waals surface area contributed by atoms with Gasteiger partial charge in [0.2, 0.25) is 0 Å². The molecule has 0 fully saturated rings. The molecule has 5 heteroatoms. The van der Waals surface area contributed by atoms with Gasteiger partial charge in [-0.3, -0.25) is 0 Å². The summed E-state index contributed by atoms with van der Waals surface area (Å²) in [6, 6.07) is 16.8. The molecule has 0 radical (unpaired) electrons. The van der Waals surface area contributed by atoms with Gasteiger partial charge in [0.15, 0.2) is 0 Å². The van der Waals surface area contributed by atoms with E-state index in [1.54, 1.807) is 6.08 Å². The van der Waals surface area contributed by atoms with Crippen LogP contribution >= 0.6 is 0 Å². The third kappa shape index (κ3) is 2.08. The maximum atomic E-state index is 12.8. The fraction of sp³-hybridized carbons (Fsp3) is 0.111. The van der Waals surface area contributed by atoms with Crippen molar-refractivity contribution in [3.8, 4) is 5.88 Å². The molecule has 0 unspecified atom stereocenters. The first-order valence-corrected chi connectivity index (χ1v) is 12.5. The molecular formula is C27H17NO3Se. The number of hydrogen-bond donors (Lipinski definition) is 0. The van der Waals surface area contributed by atoms with E-state index in [1.165, 1.54) is 16.3 Å². The summed E-state index contributed by atoms with van der Waals surface area (Å²) in [6.07, 6.45) is 1.62. The van der Waals surface area contributed by atoms with Crippen molar-refractivity contribution in [2.45, 2.75) is 19.3 Å². The van der Waals surface area contributed by atoms with Gasteiger partial charge in [-0.2, -0.15) is 0 Å². The van der Waals surface area contributed by atoms with E-state index in [9.17, 15) is 9.59 Å². The number of carbonyl (C=O) groups excluding carboxylic acids is 2. The number of rotatable bonds is 1.